The van der Waals surface area contributed by atoms with Gasteiger partial charge in [0.05, 0.1) is 13.7 Å². The van der Waals surface area contributed by atoms with Crippen LogP contribution in [0.2, 0.25) is 0 Å². The van der Waals surface area contributed by atoms with Gasteiger partial charge in [0.15, 0.2) is 0 Å². The summed E-state index contributed by atoms with van der Waals surface area (Å²) in [6.07, 6.45) is 5.37. The summed E-state index contributed by atoms with van der Waals surface area (Å²) < 4.78 is 7.18. The number of imidazole rings is 1. The third-order valence-electron chi connectivity index (χ3n) is 3.08. The lowest BCUT2D eigenvalue weighted by Crippen LogP contribution is -2.07. The standard InChI is InChI=1S/C14H14N4O/c1-19-11-3-2-10-4-5-17-14(12(10)8-11)18-7-6-16-13(18)9-15/h2-8H,9,15H2,1H3. The van der Waals surface area contributed by atoms with Gasteiger partial charge >= 0.3 is 0 Å². The average Bonchev–Trinajstić information content (AvgIpc) is 2.94. The van der Waals surface area contributed by atoms with Gasteiger partial charge < -0.3 is 10.5 Å². The normalized spacial score (nSPS) is 10.8. The molecule has 0 aliphatic rings. The second-order valence-corrected chi connectivity index (χ2v) is 4.14. The smallest absolute Gasteiger partial charge is 0.146 e. The van der Waals surface area contributed by atoms with Gasteiger partial charge in [-0.2, -0.15) is 0 Å². The summed E-state index contributed by atoms with van der Waals surface area (Å²) in [5.41, 5.74) is 5.70. The maximum absolute atomic E-state index is 5.70. The van der Waals surface area contributed by atoms with E-state index < -0.39 is 0 Å². The van der Waals surface area contributed by atoms with E-state index >= 15 is 0 Å². The Morgan fingerprint density at radius 3 is 2.89 bits per heavy atom. The minimum absolute atomic E-state index is 0.370. The minimum atomic E-state index is 0.370. The Balaban J connectivity index is 2.28. The van der Waals surface area contributed by atoms with E-state index in [0.29, 0.717) is 6.54 Å². The quantitative estimate of drug-likeness (QED) is 0.775. The summed E-state index contributed by atoms with van der Waals surface area (Å²) in [7, 11) is 1.65. The van der Waals surface area contributed by atoms with Gasteiger partial charge in [-0.05, 0) is 23.6 Å². The Morgan fingerprint density at radius 2 is 2.11 bits per heavy atom. The fourth-order valence-electron chi connectivity index (χ4n) is 2.13. The fraction of sp³-hybridized carbons (Fsp3) is 0.143. The van der Waals surface area contributed by atoms with Crippen LogP contribution in [0.25, 0.3) is 16.6 Å². The van der Waals surface area contributed by atoms with Crippen molar-refractivity contribution in [1.29, 1.82) is 0 Å². The summed E-state index contributed by atoms with van der Waals surface area (Å²) in [5.74, 6) is 2.40. The third-order valence-corrected chi connectivity index (χ3v) is 3.08. The topological polar surface area (TPSA) is 66.0 Å². The van der Waals surface area contributed by atoms with Gasteiger partial charge in [0, 0.05) is 24.0 Å². The van der Waals surface area contributed by atoms with Crippen molar-refractivity contribution in [1.82, 2.24) is 14.5 Å². The number of fused-ring (bicyclic) bond motifs is 1. The molecular weight excluding hydrogens is 240 g/mol. The van der Waals surface area contributed by atoms with Crippen LogP contribution in [-0.2, 0) is 6.54 Å². The number of nitrogens with two attached hydrogens (primary N) is 1. The lowest BCUT2D eigenvalue weighted by molar-refractivity contribution is 0.415. The zero-order chi connectivity index (χ0) is 13.2. The number of hydrogen-bond acceptors (Lipinski definition) is 4. The van der Waals surface area contributed by atoms with Gasteiger partial charge in [0.25, 0.3) is 0 Å². The van der Waals surface area contributed by atoms with E-state index in [1.54, 1.807) is 19.5 Å². The molecule has 1 aromatic carbocycles. The van der Waals surface area contributed by atoms with Crippen LogP contribution in [0.5, 0.6) is 5.75 Å². The van der Waals surface area contributed by atoms with Crippen molar-refractivity contribution < 1.29 is 4.74 Å². The van der Waals surface area contributed by atoms with Crippen LogP contribution >= 0.6 is 0 Å². The third kappa shape index (κ3) is 1.94. The SMILES string of the molecule is COc1ccc2ccnc(-n3ccnc3CN)c2c1. The van der Waals surface area contributed by atoms with Gasteiger partial charge in [-0.3, -0.25) is 4.57 Å². The van der Waals surface area contributed by atoms with Crippen molar-refractivity contribution in [3.05, 3.63) is 48.7 Å². The van der Waals surface area contributed by atoms with E-state index in [1.807, 2.05) is 35.0 Å². The molecule has 0 saturated carbocycles. The number of benzene rings is 1. The first-order valence-corrected chi connectivity index (χ1v) is 5.99. The molecule has 3 aromatic rings. The van der Waals surface area contributed by atoms with Crippen LogP contribution in [0.15, 0.2) is 42.9 Å². The van der Waals surface area contributed by atoms with Crippen LogP contribution in [0.1, 0.15) is 5.82 Å². The molecule has 2 aromatic heterocycles. The Bertz CT molecular complexity index is 720. The summed E-state index contributed by atoms with van der Waals surface area (Å²) in [5, 5.41) is 2.11. The molecule has 0 aliphatic heterocycles. The number of hydrogen-bond donors (Lipinski definition) is 1. The summed E-state index contributed by atoms with van der Waals surface area (Å²) in [6.45, 7) is 0.370. The first-order valence-electron chi connectivity index (χ1n) is 5.99. The zero-order valence-electron chi connectivity index (χ0n) is 10.6. The number of ether oxygens (including phenoxy) is 1. The van der Waals surface area contributed by atoms with Crippen LogP contribution in [0, 0.1) is 0 Å². The monoisotopic (exact) mass is 254 g/mol. The minimum Gasteiger partial charge on any atom is -0.497 e. The molecule has 5 nitrogen and oxygen atoms in total. The summed E-state index contributed by atoms with van der Waals surface area (Å²) in [6, 6.07) is 7.89. The average molecular weight is 254 g/mol. The van der Waals surface area contributed by atoms with Crippen molar-refractivity contribution >= 4 is 10.8 Å². The highest BCUT2D eigenvalue weighted by Gasteiger charge is 2.09. The summed E-state index contributed by atoms with van der Waals surface area (Å²) in [4.78, 5) is 8.67. The van der Waals surface area contributed by atoms with Gasteiger partial charge in [-0.25, -0.2) is 9.97 Å². The number of pyridine rings is 1. The molecule has 0 radical (unpaired) electrons. The molecule has 0 unspecified atom stereocenters. The van der Waals surface area contributed by atoms with Crippen molar-refractivity contribution in [2.45, 2.75) is 6.54 Å². The first kappa shape index (κ1) is 11.7. The van der Waals surface area contributed by atoms with E-state index in [-0.39, 0.29) is 0 Å². The molecule has 3 rings (SSSR count). The first-order chi connectivity index (χ1) is 9.33. The Kier molecular flexibility index (Phi) is 2.89. The molecule has 2 N–H and O–H groups in total. The maximum atomic E-state index is 5.70. The van der Waals surface area contributed by atoms with E-state index in [2.05, 4.69) is 9.97 Å². The highest BCUT2D eigenvalue weighted by Crippen LogP contribution is 2.25. The Hall–Kier alpha value is -2.40. The van der Waals surface area contributed by atoms with Crippen molar-refractivity contribution in [3.8, 4) is 11.6 Å². The highest BCUT2D eigenvalue weighted by molar-refractivity contribution is 5.89. The van der Waals surface area contributed by atoms with E-state index in [1.165, 1.54) is 0 Å². The number of nitrogens with zero attached hydrogens (tertiary/aromatic N) is 3. The maximum Gasteiger partial charge on any atom is 0.146 e. The van der Waals surface area contributed by atoms with Crippen LogP contribution in [0.4, 0.5) is 0 Å². The predicted molar refractivity (Wildman–Crippen MR) is 73.3 cm³/mol. The van der Waals surface area contributed by atoms with Crippen molar-refractivity contribution in [3.63, 3.8) is 0 Å². The van der Waals surface area contributed by atoms with Crippen molar-refractivity contribution in [2.24, 2.45) is 5.73 Å². The van der Waals surface area contributed by atoms with E-state index in [9.17, 15) is 0 Å². The van der Waals surface area contributed by atoms with Crippen LogP contribution in [-0.4, -0.2) is 21.6 Å². The molecule has 0 atom stereocenters. The van der Waals surface area contributed by atoms with Gasteiger partial charge in [0.1, 0.15) is 17.4 Å². The predicted octanol–water partition coefficient (Wildman–Crippen LogP) is 1.89. The van der Waals surface area contributed by atoms with Crippen molar-refractivity contribution in [2.75, 3.05) is 7.11 Å². The second kappa shape index (κ2) is 4.70. The summed E-state index contributed by atoms with van der Waals surface area (Å²) >= 11 is 0. The molecule has 2 heterocycles. The molecule has 0 fully saturated rings. The number of rotatable bonds is 3. The Labute approximate surface area is 110 Å². The van der Waals surface area contributed by atoms with E-state index in [0.717, 1.165) is 28.2 Å². The second-order valence-electron chi connectivity index (χ2n) is 4.14. The molecule has 0 amide bonds. The highest BCUT2D eigenvalue weighted by atomic mass is 16.5. The fourth-order valence-corrected chi connectivity index (χ4v) is 2.13. The number of methoxy groups -OCH3 is 1. The van der Waals surface area contributed by atoms with Crippen LogP contribution in [0.3, 0.4) is 0 Å². The van der Waals surface area contributed by atoms with E-state index in [4.69, 9.17) is 10.5 Å². The number of aromatic nitrogens is 3. The molecule has 0 spiro atoms. The molecular formula is C14H14N4O. The molecule has 96 valence electrons. The molecule has 0 saturated heterocycles. The lowest BCUT2D eigenvalue weighted by Gasteiger charge is -2.10. The van der Waals surface area contributed by atoms with Crippen LogP contribution < -0.4 is 10.5 Å². The van der Waals surface area contributed by atoms with Gasteiger partial charge in [0.2, 0.25) is 0 Å². The van der Waals surface area contributed by atoms with Gasteiger partial charge in [-0.15, -0.1) is 0 Å². The Morgan fingerprint density at radius 1 is 1.21 bits per heavy atom. The molecule has 5 heteroatoms. The zero-order valence-corrected chi connectivity index (χ0v) is 10.6. The molecule has 0 aliphatic carbocycles. The molecule has 19 heavy (non-hydrogen) atoms. The molecule has 0 bridgehead atoms. The lowest BCUT2D eigenvalue weighted by atomic mass is 10.1. The van der Waals surface area contributed by atoms with Gasteiger partial charge in [-0.1, -0.05) is 6.07 Å². The largest absolute Gasteiger partial charge is 0.497 e.